The summed E-state index contributed by atoms with van der Waals surface area (Å²) >= 11 is 0. The summed E-state index contributed by atoms with van der Waals surface area (Å²) in [4.78, 5) is 4.29. The van der Waals surface area contributed by atoms with E-state index in [4.69, 9.17) is 0 Å². The quantitative estimate of drug-likeness (QED) is 0.618. The third-order valence-corrected chi connectivity index (χ3v) is 3.13. The summed E-state index contributed by atoms with van der Waals surface area (Å²) in [5, 5.41) is 20.2. The van der Waals surface area contributed by atoms with Gasteiger partial charge in [-0.15, -0.1) is 15.3 Å². The Morgan fingerprint density at radius 1 is 0.955 bits per heavy atom. The number of hydrogen-bond acceptors (Lipinski definition) is 6. The van der Waals surface area contributed by atoms with Crippen molar-refractivity contribution in [1.29, 1.82) is 0 Å². The maximum Gasteiger partial charge on any atom is 0.203 e. The number of pyridine rings is 1. The van der Waals surface area contributed by atoms with E-state index in [1.807, 2.05) is 49.6 Å². The van der Waals surface area contributed by atoms with Gasteiger partial charge in [0.15, 0.2) is 17.3 Å². The van der Waals surface area contributed by atoms with Crippen LogP contribution in [0.25, 0.3) is 17.2 Å². The van der Waals surface area contributed by atoms with Gasteiger partial charge in [-0.25, -0.2) is 0 Å². The molecule has 0 unspecified atom stereocenters. The molecule has 1 N–H and O–H groups in total. The molecule has 0 spiro atoms. The summed E-state index contributed by atoms with van der Waals surface area (Å²) in [6, 6.07) is 11.2. The van der Waals surface area contributed by atoms with Crippen molar-refractivity contribution < 1.29 is 0 Å². The first-order valence-corrected chi connectivity index (χ1v) is 6.70. The largest absolute Gasteiger partial charge is 0.322 e. The predicted molar refractivity (Wildman–Crippen MR) is 80.5 cm³/mol. The number of nitrogens with one attached hydrogen (secondary N) is 1. The Kier molecular flexibility index (Phi) is 2.78. The van der Waals surface area contributed by atoms with Gasteiger partial charge < -0.3 is 5.32 Å². The lowest BCUT2D eigenvalue weighted by molar-refractivity contribution is 0.770. The molecule has 108 valence electrons. The first kappa shape index (κ1) is 12.5. The van der Waals surface area contributed by atoms with Crippen molar-refractivity contribution in [3.05, 3.63) is 48.8 Å². The topological polar surface area (TPSA) is 85.8 Å². The van der Waals surface area contributed by atoms with E-state index in [0.717, 1.165) is 11.5 Å². The summed E-state index contributed by atoms with van der Waals surface area (Å²) in [6.07, 6.45) is 3.57. The Bertz CT molecular complexity index is 924. The molecule has 0 aliphatic rings. The van der Waals surface area contributed by atoms with Crippen molar-refractivity contribution in [3.8, 4) is 11.5 Å². The molecule has 0 saturated heterocycles. The van der Waals surface area contributed by atoms with Gasteiger partial charge in [0.2, 0.25) is 5.82 Å². The van der Waals surface area contributed by atoms with Gasteiger partial charge in [-0.2, -0.15) is 9.61 Å². The van der Waals surface area contributed by atoms with Crippen LogP contribution in [0.15, 0.2) is 48.8 Å². The van der Waals surface area contributed by atoms with Crippen molar-refractivity contribution in [3.63, 3.8) is 0 Å². The number of rotatable bonds is 3. The Balaban J connectivity index is 1.76. The van der Waals surface area contributed by atoms with E-state index >= 15 is 0 Å². The summed E-state index contributed by atoms with van der Waals surface area (Å²) in [6.45, 7) is 0. The number of hydrogen-bond donors (Lipinski definition) is 1. The Hall–Kier alpha value is -3.29. The summed E-state index contributed by atoms with van der Waals surface area (Å²) in [5.74, 6) is 1.98. The molecule has 0 saturated carbocycles. The average molecular weight is 292 g/mol. The van der Waals surface area contributed by atoms with E-state index < -0.39 is 0 Å². The third-order valence-electron chi connectivity index (χ3n) is 3.13. The number of aromatic nitrogens is 7. The van der Waals surface area contributed by atoms with Crippen LogP contribution in [0.2, 0.25) is 0 Å². The fourth-order valence-electron chi connectivity index (χ4n) is 2.12. The molecule has 8 nitrogen and oxygen atoms in total. The van der Waals surface area contributed by atoms with Crippen LogP contribution in [0.4, 0.5) is 11.6 Å². The highest BCUT2D eigenvalue weighted by Gasteiger charge is 2.11. The SMILES string of the molecule is Cn1ccc(Nc2ccc3nnc(-c4ccccn4)n3n2)n1. The van der Waals surface area contributed by atoms with Gasteiger partial charge in [-0.1, -0.05) is 6.07 Å². The van der Waals surface area contributed by atoms with Crippen LogP contribution in [0.3, 0.4) is 0 Å². The zero-order chi connectivity index (χ0) is 14.9. The zero-order valence-electron chi connectivity index (χ0n) is 11.7. The molecule has 8 heteroatoms. The standard InChI is InChI=1S/C14H12N8/c1-21-9-7-12(19-21)16-11-5-6-13-17-18-14(22(13)20-11)10-4-2-3-8-15-10/h2-9H,1H3,(H,16,19,20). The summed E-state index contributed by atoms with van der Waals surface area (Å²) < 4.78 is 3.38. The number of fused-ring (bicyclic) bond motifs is 1. The first-order chi connectivity index (χ1) is 10.8. The molecule has 0 fully saturated rings. The van der Waals surface area contributed by atoms with Gasteiger partial charge in [0.25, 0.3) is 0 Å². The number of nitrogens with zero attached hydrogens (tertiary/aromatic N) is 7. The molecule has 4 heterocycles. The molecule has 4 rings (SSSR count). The first-order valence-electron chi connectivity index (χ1n) is 6.70. The van der Waals surface area contributed by atoms with Crippen LogP contribution in [-0.4, -0.2) is 34.6 Å². The van der Waals surface area contributed by atoms with Crippen molar-refractivity contribution in [2.75, 3.05) is 5.32 Å². The lowest BCUT2D eigenvalue weighted by atomic mass is 10.3. The van der Waals surface area contributed by atoms with Gasteiger partial charge >= 0.3 is 0 Å². The van der Waals surface area contributed by atoms with Gasteiger partial charge in [0.05, 0.1) is 0 Å². The normalized spacial score (nSPS) is 11.0. The second-order valence-electron chi connectivity index (χ2n) is 4.73. The fourth-order valence-corrected chi connectivity index (χ4v) is 2.12. The van der Waals surface area contributed by atoms with E-state index in [1.165, 1.54) is 0 Å². The highest BCUT2D eigenvalue weighted by atomic mass is 15.4. The molecule has 4 aromatic heterocycles. The second-order valence-corrected chi connectivity index (χ2v) is 4.73. The molecule has 4 aromatic rings. The Morgan fingerprint density at radius 3 is 2.64 bits per heavy atom. The predicted octanol–water partition coefficient (Wildman–Crippen LogP) is 1.66. The summed E-state index contributed by atoms with van der Waals surface area (Å²) in [7, 11) is 1.86. The number of aryl methyl sites for hydroxylation is 1. The lowest BCUT2D eigenvalue weighted by Gasteiger charge is -2.03. The smallest absolute Gasteiger partial charge is 0.203 e. The van der Waals surface area contributed by atoms with Crippen molar-refractivity contribution >= 4 is 17.3 Å². The fraction of sp³-hybridized carbons (Fsp3) is 0.0714. The van der Waals surface area contributed by atoms with Crippen LogP contribution in [0.5, 0.6) is 0 Å². The van der Waals surface area contributed by atoms with Gasteiger partial charge in [-0.3, -0.25) is 9.67 Å². The second kappa shape index (κ2) is 4.92. The zero-order valence-corrected chi connectivity index (χ0v) is 11.7. The number of anilines is 2. The minimum Gasteiger partial charge on any atom is -0.322 e. The van der Waals surface area contributed by atoms with Crippen LogP contribution in [0.1, 0.15) is 0 Å². The highest BCUT2D eigenvalue weighted by Crippen LogP contribution is 2.17. The van der Waals surface area contributed by atoms with E-state index in [-0.39, 0.29) is 0 Å². The molecule has 0 aromatic carbocycles. The Labute approximate surface area is 125 Å². The molecular formula is C14H12N8. The van der Waals surface area contributed by atoms with Crippen LogP contribution >= 0.6 is 0 Å². The van der Waals surface area contributed by atoms with E-state index in [0.29, 0.717) is 17.3 Å². The van der Waals surface area contributed by atoms with Crippen LogP contribution in [-0.2, 0) is 7.05 Å². The van der Waals surface area contributed by atoms with Crippen molar-refractivity contribution in [2.24, 2.45) is 7.05 Å². The molecular weight excluding hydrogens is 280 g/mol. The van der Waals surface area contributed by atoms with Gasteiger partial charge in [0.1, 0.15) is 5.69 Å². The lowest BCUT2D eigenvalue weighted by Crippen LogP contribution is -2.01. The van der Waals surface area contributed by atoms with Gasteiger partial charge in [-0.05, 0) is 24.3 Å². The van der Waals surface area contributed by atoms with E-state index in [1.54, 1.807) is 15.4 Å². The highest BCUT2D eigenvalue weighted by molar-refractivity contribution is 5.57. The minimum absolute atomic E-state index is 0.597. The van der Waals surface area contributed by atoms with E-state index in [2.05, 4.69) is 30.7 Å². The maximum absolute atomic E-state index is 4.51. The van der Waals surface area contributed by atoms with Gasteiger partial charge in [0, 0.05) is 25.5 Å². The molecule has 0 amide bonds. The van der Waals surface area contributed by atoms with E-state index in [9.17, 15) is 0 Å². The molecule has 22 heavy (non-hydrogen) atoms. The molecule has 0 radical (unpaired) electrons. The van der Waals surface area contributed by atoms with Crippen molar-refractivity contribution in [2.45, 2.75) is 0 Å². The summed E-state index contributed by atoms with van der Waals surface area (Å²) in [5.41, 5.74) is 1.38. The monoisotopic (exact) mass is 292 g/mol. The molecule has 0 bridgehead atoms. The van der Waals surface area contributed by atoms with Crippen molar-refractivity contribution in [1.82, 2.24) is 34.6 Å². The Morgan fingerprint density at radius 2 is 1.86 bits per heavy atom. The average Bonchev–Trinajstić information content (AvgIpc) is 3.14. The molecule has 0 aliphatic heterocycles. The minimum atomic E-state index is 0.597. The third kappa shape index (κ3) is 2.16. The van der Waals surface area contributed by atoms with Crippen LogP contribution < -0.4 is 5.32 Å². The molecule has 0 aliphatic carbocycles. The molecule has 0 atom stereocenters. The maximum atomic E-state index is 4.51. The van der Waals surface area contributed by atoms with Crippen LogP contribution in [0, 0.1) is 0 Å².